The maximum Gasteiger partial charge on any atom is 0.139 e. The van der Waals surface area contributed by atoms with Gasteiger partial charge in [0.05, 0.1) is 17.2 Å². The molecule has 2 aromatic carbocycles. The van der Waals surface area contributed by atoms with E-state index in [4.69, 9.17) is 51.1 Å². The molecule has 0 atom stereocenters. The summed E-state index contributed by atoms with van der Waals surface area (Å²) in [6.07, 6.45) is 0. The van der Waals surface area contributed by atoms with Crippen molar-refractivity contribution in [1.82, 2.24) is 0 Å². The molecule has 0 aromatic heterocycles. The second kappa shape index (κ2) is 6.23. The fourth-order valence-electron chi connectivity index (χ4n) is 1.63. The van der Waals surface area contributed by atoms with E-state index in [1.165, 1.54) is 7.11 Å². The van der Waals surface area contributed by atoms with Crippen molar-refractivity contribution in [2.24, 2.45) is 0 Å². The zero-order valence-corrected chi connectivity index (χ0v) is 12.9. The fourth-order valence-corrected chi connectivity index (χ4v) is 2.67. The van der Waals surface area contributed by atoms with Crippen LogP contribution < -0.4 is 4.74 Å². The smallest absolute Gasteiger partial charge is 0.139 e. The molecule has 0 N–H and O–H groups in total. The lowest BCUT2D eigenvalue weighted by atomic mass is 10.0. The Bertz CT molecular complexity index is 584. The van der Waals surface area contributed by atoms with Gasteiger partial charge in [0.25, 0.3) is 0 Å². The molecule has 1 nitrogen and oxygen atoms in total. The van der Waals surface area contributed by atoms with Crippen LogP contribution in [-0.4, -0.2) is 7.11 Å². The van der Waals surface area contributed by atoms with E-state index in [-0.39, 0.29) is 10.0 Å². The molecule has 0 unspecified atom stereocenters. The van der Waals surface area contributed by atoms with Crippen LogP contribution in [0.5, 0.6) is 5.75 Å². The number of hydrogen-bond donors (Lipinski definition) is 0. The van der Waals surface area contributed by atoms with E-state index in [1.807, 2.05) is 30.3 Å². The van der Waals surface area contributed by atoms with Gasteiger partial charge in [0.1, 0.15) is 16.1 Å². The first-order valence-electron chi connectivity index (χ1n) is 5.36. The largest absolute Gasteiger partial charge is 0.495 e. The van der Waals surface area contributed by atoms with Gasteiger partial charge in [0, 0.05) is 5.56 Å². The molecule has 1 radical (unpaired) electrons. The van der Waals surface area contributed by atoms with Gasteiger partial charge in [-0.15, -0.1) is 11.6 Å². The summed E-state index contributed by atoms with van der Waals surface area (Å²) in [7, 11) is 1.51. The number of hydrogen-bond acceptors (Lipinski definition) is 1. The summed E-state index contributed by atoms with van der Waals surface area (Å²) in [4.78, 5) is 0. The standard InChI is InChI=1S/C14H9Cl4O/c1-19-10-7-9(12(16)14(18)13(10)17)11(15)8-5-3-2-4-6-8/h2-7H,1H3. The van der Waals surface area contributed by atoms with Crippen molar-refractivity contribution in [2.75, 3.05) is 7.11 Å². The van der Waals surface area contributed by atoms with E-state index in [9.17, 15) is 0 Å². The summed E-state index contributed by atoms with van der Waals surface area (Å²) in [5.41, 5.74) is 1.42. The Morgan fingerprint density at radius 1 is 0.947 bits per heavy atom. The molecule has 0 saturated heterocycles. The number of ether oxygens (including phenoxy) is 1. The summed E-state index contributed by atoms with van der Waals surface area (Å²) >= 11 is 24.7. The van der Waals surface area contributed by atoms with Crippen molar-refractivity contribution in [3.05, 3.63) is 68.0 Å². The minimum absolute atomic E-state index is 0.228. The van der Waals surface area contributed by atoms with Gasteiger partial charge >= 0.3 is 0 Å². The third kappa shape index (κ3) is 2.95. The van der Waals surface area contributed by atoms with Crippen molar-refractivity contribution in [3.8, 4) is 5.75 Å². The minimum Gasteiger partial charge on any atom is -0.495 e. The van der Waals surface area contributed by atoms with Crippen LogP contribution in [0.3, 0.4) is 0 Å². The summed E-state index contributed by atoms with van der Waals surface area (Å²) in [6, 6.07) is 11.1. The van der Waals surface area contributed by atoms with Crippen molar-refractivity contribution >= 4 is 46.4 Å². The van der Waals surface area contributed by atoms with Gasteiger partial charge in [-0.3, -0.25) is 0 Å². The number of rotatable bonds is 3. The molecule has 0 bridgehead atoms. The van der Waals surface area contributed by atoms with Gasteiger partial charge in [0.15, 0.2) is 0 Å². The van der Waals surface area contributed by atoms with Crippen LogP contribution in [-0.2, 0) is 0 Å². The fraction of sp³-hybridized carbons (Fsp3) is 0.0714. The lowest BCUT2D eigenvalue weighted by Crippen LogP contribution is -1.98. The van der Waals surface area contributed by atoms with E-state index >= 15 is 0 Å². The predicted molar refractivity (Wildman–Crippen MR) is 81.8 cm³/mol. The maximum absolute atomic E-state index is 6.37. The quantitative estimate of drug-likeness (QED) is 0.642. The molecule has 19 heavy (non-hydrogen) atoms. The Hall–Kier alpha value is -0.600. The molecule has 0 aliphatic carbocycles. The highest BCUT2D eigenvalue weighted by Gasteiger charge is 2.21. The van der Waals surface area contributed by atoms with Crippen molar-refractivity contribution in [1.29, 1.82) is 0 Å². The molecule has 99 valence electrons. The highest BCUT2D eigenvalue weighted by atomic mass is 35.5. The number of halogens is 4. The third-order valence-corrected chi connectivity index (χ3v) is 4.36. The van der Waals surface area contributed by atoms with Crippen LogP contribution in [0.4, 0.5) is 0 Å². The van der Waals surface area contributed by atoms with Gasteiger partial charge in [-0.25, -0.2) is 0 Å². The maximum atomic E-state index is 6.37. The van der Waals surface area contributed by atoms with Gasteiger partial charge in [0.2, 0.25) is 0 Å². The van der Waals surface area contributed by atoms with Crippen molar-refractivity contribution in [3.63, 3.8) is 0 Å². The Morgan fingerprint density at radius 2 is 1.58 bits per heavy atom. The molecule has 0 amide bonds. The molecule has 0 heterocycles. The Labute approximate surface area is 132 Å². The molecule has 0 spiro atoms. The minimum atomic E-state index is 0.228. The highest BCUT2D eigenvalue weighted by molar-refractivity contribution is 6.49. The molecule has 0 fully saturated rings. The summed E-state index contributed by atoms with van der Waals surface area (Å²) in [6.45, 7) is 0. The van der Waals surface area contributed by atoms with E-state index in [1.54, 1.807) is 6.07 Å². The molecule has 0 aliphatic heterocycles. The van der Waals surface area contributed by atoms with Crippen LogP contribution in [0.25, 0.3) is 0 Å². The molecular weight excluding hydrogens is 326 g/mol. The zero-order valence-electron chi connectivity index (χ0n) is 9.88. The number of benzene rings is 2. The van der Waals surface area contributed by atoms with E-state index < -0.39 is 0 Å². The SMILES string of the molecule is COc1cc([C](Cl)c2ccccc2)c(Cl)c(Cl)c1Cl. The first-order valence-corrected chi connectivity index (χ1v) is 6.87. The normalized spacial score (nSPS) is 10.8. The molecule has 5 heteroatoms. The Morgan fingerprint density at radius 3 is 2.16 bits per heavy atom. The van der Waals surface area contributed by atoms with Crippen molar-refractivity contribution < 1.29 is 4.74 Å². The van der Waals surface area contributed by atoms with Crippen LogP contribution in [0.15, 0.2) is 36.4 Å². The molecule has 2 rings (SSSR count). The molecule has 0 saturated carbocycles. The van der Waals surface area contributed by atoms with Gasteiger partial charge in [-0.1, -0.05) is 65.1 Å². The summed E-state index contributed by atoms with van der Waals surface area (Å²) < 4.78 is 5.16. The summed E-state index contributed by atoms with van der Waals surface area (Å²) in [5.74, 6) is 0.431. The van der Waals surface area contributed by atoms with Gasteiger partial charge < -0.3 is 4.74 Å². The first-order chi connectivity index (χ1) is 9.06. The molecular formula is C14H9Cl4O. The lowest BCUT2D eigenvalue weighted by molar-refractivity contribution is 0.415. The van der Waals surface area contributed by atoms with E-state index in [2.05, 4.69) is 0 Å². The third-order valence-electron chi connectivity index (χ3n) is 2.60. The van der Waals surface area contributed by atoms with Crippen LogP contribution in [0.1, 0.15) is 11.1 Å². The van der Waals surface area contributed by atoms with E-state index in [0.717, 1.165) is 5.56 Å². The summed E-state index contributed by atoms with van der Waals surface area (Å²) in [5, 5.41) is 1.30. The lowest BCUT2D eigenvalue weighted by Gasteiger charge is -2.15. The van der Waals surface area contributed by atoms with Crippen LogP contribution >= 0.6 is 46.4 Å². The molecule has 2 aromatic rings. The second-order valence-corrected chi connectivity index (χ2v) is 5.26. The van der Waals surface area contributed by atoms with Gasteiger partial charge in [-0.05, 0) is 11.6 Å². The molecule has 0 aliphatic rings. The average Bonchev–Trinajstić information content (AvgIpc) is 2.45. The Balaban J connectivity index is 2.54. The second-order valence-electron chi connectivity index (χ2n) is 3.75. The van der Waals surface area contributed by atoms with Crippen LogP contribution in [0.2, 0.25) is 15.1 Å². The van der Waals surface area contributed by atoms with Crippen LogP contribution in [0, 0.1) is 5.38 Å². The highest BCUT2D eigenvalue weighted by Crippen LogP contribution is 2.44. The zero-order chi connectivity index (χ0) is 14.0. The number of methoxy groups -OCH3 is 1. The van der Waals surface area contributed by atoms with Gasteiger partial charge in [-0.2, -0.15) is 0 Å². The van der Waals surface area contributed by atoms with Crippen molar-refractivity contribution in [2.45, 2.75) is 0 Å². The Kier molecular flexibility index (Phi) is 4.86. The average molecular weight is 335 g/mol. The first kappa shape index (κ1) is 14.8. The topological polar surface area (TPSA) is 9.23 Å². The predicted octanol–water partition coefficient (Wildman–Crippen LogP) is 5.82. The van der Waals surface area contributed by atoms with E-state index in [0.29, 0.717) is 21.7 Å². The monoisotopic (exact) mass is 333 g/mol.